The number of aryl methyl sites for hydroxylation is 1. The minimum atomic E-state index is -4.38. The summed E-state index contributed by atoms with van der Waals surface area (Å²) in [6, 6.07) is 3.83. The molecule has 4 nitrogen and oxygen atoms in total. The van der Waals surface area contributed by atoms with E-state index >= 15 is 0 Å². The Morgan fingerprint density at radius 3 is 2.88 bits per heavy atom. The minimum Gasteiger partial charge on any atom is -0.340 e. The van der Waals surface area contributed by atoms with E-state index in [0.29, 0.717) is 34.6 Å². The third-order valence-corrected chi connectivity index (χ3v) is 5.65. The number of piperidine rings is 1. The average molecular weight is 371 g/mol. The molecule has 1 saturated heterocycles. The molecule has 0 bridgehead atoms. The molecule has 1 aromatic carbocycles. The number of benzene rings is 1. The van der Waals surface area contributed by atoms with E-state index in [1.54, 1.807) is 0 Å². The molecule has 25 heavy (non-hydrogen) atoms. The Hall–Kier alpha value is -1.67. The van der Waals surface area contributed by atoms with Crippen molar-refractivity contribution in [3.8, 4) is 0 Å². The van der Waals surface area contributed by atoms with E-state index in [9.17, 15) is 18.0 Å². The van der Waals surface area contributed by atoms with Crippen molar-refractivity contribution < 1.29 is 18.0 Å². The minimum absolute atomic E-state index is 0.0506. The van der Waals surface area contributed by atoms with Crippen LogP contribution in [0.3, 0.4) is 0 Å². The van der Waals surface area contributed by atoms with Crippen molar-refractivity contribution in [1.82, 2.24) is 9.88 Å². The number of carbonyl (C=O) groups excluding carboxylic acids is 1. The first-order valence-corrected chi connectivity index (χ1v) is 9.07. The summed E-state index contributed by atoms with van der Waals surface area (Å²) in [7, 11) is 0. The second-order valence-electron chi connectivity index (χ2n) is 6.51. The number of alkyl halides is 3. The number of halogens is 3. The highest BCUT2D eigenvalue weighted by Crippen LogP contribution is 2.33. The Balaban J connectivity index is 1.66. The normalized spacial score (nSPS) is 21.7. The number of nitrogens with zero attached hydrogens (tertiary/aromatic N) is 2. The molecule has 0 unspecified atom stereocenters. The van der Waals surface area contributed by atoms with E-state index in [1.807, 2.05) is 11.8 Å². The molecule has 1 aromatic heterocycles. The van der Waals surface area contributed by atoms with Crippen LogP contribution in [-0.4, -0.2) is 34.4 Å². The smallest absolute Gasteiger partial charge is 0.340 e. The predicted octanol–water partition coefficient (Wildman–Crippen LogP) is 3.59. The van der Waals surface area contributed by atoms with Gasteiger partial charge in [-0.25, -0.2) is 4.98 Å². The van der Waals surface area contributed by atoms with Crippen molar-refractivity contribution in [2.24, 2.45) is 5.73 Å². The molecule has 1 aliphatic heterocycles. The van der Waals surface area contributed by atoms with Crippen molar-refractivity contribution in [1.29, 1.82) is 0 Å². The van der Waals surface area contributed by atoms with Gasteiger partial charge >= 0.3 is 6.18 Å². The van der Waals surface area contributed by atoms with Crippen molar-refractivity contribution in [2.75, 3.05) is 6.54 Å². The van der Waals surface area contributed by atoms with E-state index in [4.69, 9.17) is 5.73 Å². The first-order valence-electron chi connectivity index (χ1n) is 8.26. The van der Waals surface area contributed by atoms with Gasteiger partial charge in [-0.15, -0.1) is 11.3 Å². The summed E-state index contributed by atoms with van der Waals surface area (Å²) in [4.78, 5) is 18.5. The highest BCUT2D eigenvalue weighted by Gasteiger charge is 2.31. The number of amides is 1. The number of fused-ring (bicyclic) bond motifs is 1. The molecule has 2 N–H and O–H groups in total. The zero-order chi connectivity index (χ0) is 18.2. The van der Waals surface area contributed by atoms with Crippen LogP contribution in [0.5, 0.6) is 0 Å². The first kappa shape index (κ1) is 18.1. The van der Waals surface area contributed by atoms with E-state index < -0.39 is 11.7 Å². The second kappa shape index (κ2) is 6.92. The lowest BCUT2D eigenvalue weighted by Crippen LogP contribution is -2.48. The Kier molecular flexibility index (Phi) is 5.02. The lowest BCUT2D eigenvalue weighted by Gasteiger charge is -2.36. The lowest BCUT2D eigenvalue weighted by molar-refractivity contribution is -0.137. The van der Waals surface area contributed by atoms with Crippen molar-refractivity contribution >= 4 is 27.5 Å². The summed E-state index contributed by atoms with van der Waals surface area (Å²) < 4.78 is 39.0. The number of likely N-dealkylation sites (tertiary alicyclic amines) is 1. The predicted molar refractivity (Wildman–Crippen MR) is 91.3 cm³/mol. The molecule has 3 rings (SSSR count). The SMILES string of the molecule is C[C@@H]1C[C@@H](N)CCN1C(=O)CCc1nc2cc(C(F)(F)F)ccc2s1. The molecule has 2 atom stereocenters. The van der Waals surface area contributed by atoms with Gasteiger partial charge in [0.1, 0.15) is 0 Å². The summed E-state index contributed by atoms with van der Waals surface area (Å²) in [6.45, 7) is 2.66. The summed E-state index contributed by atoms with van der Waals surface area (Å²) in [5.41, 5.74) is 5.54. The van der Waals surface area contributed by atoms with Crippen LogP contribution in [0.2, 0.25) is 0 Å². The average Bonchev–Trinajstić information content (AvgIpc) is 2.93. The highest BCUT2D eigenvalue weighted by molar-refractivity contribution is 7.18. The van der Waals surface area contributed by atoms with Gasteiger partial charge in [0.25, 0.3) is 0 Å². The zero-order valence-electron chi connectivity index (χ0n) is 13.8. The molecule has 1 amide bonds. The number of hydrogen-bond acceptors (Lipinski definition) is 4. The van der Waals surface area contributed by atoms with Gasteiger partial charge in [0.05, 0.1) is 20.8 Å². The molecular weight excluding hydrogens is 351 g/mol. The fourth-order valence-electron chi connectivity index (χ4n) is 3.19. The quantitative estimate of drug-likeness (QED) is 0.897. The Bertz CT molecular complexity index is 774. The van der Waals surface area contributed by atoms with Gasteiger partial charge in [0.15, 0.2) is 0 Å². The van der Waals surface area contributed by atoms with Crippen LogP contribution in [0, 0.1) is 0 Å². The number of hydrogen-bond donors (Lipinski definition) is 1. The van der Waals surface area contributed by atoms with E-state index in [1.165, 1.54) is 17.4 Å². The van der Waals surface area contributed by atoms with Gasteiger partial charge in [-0.1, -0.05) is 0 Å². The number of thiazole rings is 1. The van der Waals surface area contributed by atoms with Crippen LogP contribution in [-0.2, 0) is 17.4 Å². The van der Waals surface area contributed by atoms with Gasteiger partial charge in [-0.3, -0.25) is 4.79 Å². The number of nitrogens with two attached hydrogens (primary N) is 1. The zero-order valence-corrected chi connectivity index (χ0v) is 14.7. The Morgan fingerprint density at radius 1 is 1.44 bits per heavy atom. The van der Waals surface area contributed by atoms with Gasteiger partial charge in [-0.05, 0) is 38.0 Å². The summed E-state index contributed by atoms with van der Waals surface area (Å²) >= 11 is 1.34. The molecule has 0 spiro atoms. The molecule has 0 saturated carbocycles. The van der Waals surface area contributed by atoms with Crippen LogP contribution >= 0.6 is 11.3 Å². The van der Waals surface area contributed by atoms with Gasteiger partial charge < -0.3 is 10.6 Å². The third-order valence-electron chi connectivity index (χ3n) is 4.55. The number of carbonyl (C=O) groups is 1. The van der Waals surface area contributed by atoms with E-state index in [-0.39, 0.29) is 18.0 Å². The monoisotopic (exact) mass is 371 g/mol. The second-order valence-corrected chi connectivity index (χ2v) is 7.62. The molecule has 0 radical (unpaired) electrons. The molecule has 0 aliphatic carbocycles. The van der Waals surface area contributed by atoms with Crippen molar-refractivity contribution in [3.05, 3.63) is 28.8 Å². The van der Waals surface area contributed by atoms with E-state index in [0.717, 1.165) is 25.0 Å². The van der Waals surface area contributed by atoms with Crippen molar-refractivity contribution in [3.63, 3.8) is 0 Å². The van der Waals surface area contributed by atoms with Crippen LogP contribution in [0.1, 0.15) is 36.8 Å². The fraction of sp³-hybridized carbons (Fsp3) is 0.529. The maximum Gasteiger partial charge on any atom is 0.416 e. The molecular formula is C17H20F3N3OS. The van der Waals surface area contributed by atoms with E-state index in [2.05, 4.69) is 4.98 Å². The largest absolute Gasteiger partial charge is 0.416 e. The summed E-state index contributed by atoms with van der Waals surface area (Å²) in [5.74, 6) is 0.0506. The van der Waals surface area contributed by atoms with Gasteiger partial charge in [-0.2, -0.15) is 13.2 Å². The third kappa shape index (κ3) is 4.12. The van der Waals surface area contributed by atoms with Crippen LogP contribution in [0.15, 0.2) is 18.2 Å². The Labute approximate surface area is 147 Å². The maximum absolute atomic E-state index is 12.8. The Morgan fingerprint density at radius 2 is 2.20 bits per heavy atom. The van der Waals surface area contributed by atoms with Crippen molar-refractivity contribution in [2.45, 2.75) is 50.9 Å². The standard InChI is InChI=1S/C17H20F3N3OS/c1-10-8-12(21)6-7-23(10)16(24)5-4-15-22-13-9-11(17(18,19)20)2-3-14(13)25-15/h2-3,9-10,12H,4-8,21H2,1H3/t10-,12+/m1/s1. The highest BCUT2D eigenvalue weighted by atomic mass is 32.1. The first-order chi connectivity index (χ1) is 11.7. The van der Waals surface area contributed by atoms with Crippen LogP contribution < -0.4 is 5.73 Å². The molecule has 136 valence electrons. The molecule has 2 aromatic rings. The summed E-state index contributed by atoms with van der Waals surface area (Å²) in [5, 5.41) is 0.684. The van der Waals surface area contributed by atoms with Crippen LogP contribution in [0.4, 0.5) is 13.2 Å². The maximum atomic E-state index is 12.8. The topological polar surface area (TPSA) is 59.2 Å². The molecule has 2 heterocycles. The molecule has 8 heteroatoms. The van der Waals surface area contributed by atoms with Gasteiger partial charge in [0, 0.05) is 31.5 Å². The fourth-order valence-corrected chi connectivity index (χ4v) is 4.14. The lowest BCUT2D eigenvalue weighted by atomic mass is 9.98. The van der Waals surface area contributed by atoms with Gasteiger partial charge in [0.2, 0.25) is 5.91 Å². The number of aromatic nitrogens is 1. The summed E-state index contributed by atoms with van der Waals surface area (Å²) in [6.07, 6.45) is -2.02. The number of rotatable bonds is 3. The molecule has 1 fully saturated rings. The molecule has 1 aliphatic rings. The van der Waals surface area contributed by atoms with Crippen LogP contribution in [0.25, 0.3) is 10.2 Å².